The topological polar surface area (TPSA) is 68.1 Å². The Hall–Kier alpha value is -2.92. The molecule has 2 aromatic rings. The highest BCUT2D eigenvalue weighted by Gasteiger charge is 2.70. The molecule has 0 radical (unpaired) electrons. The van der Waals surface area contributed by atoms with Crippen LogP contribution in [0.2, 0.25) is 0 Å². The summed E-state index contributed by atoms with van der Waals surface area (Å²) in [6.07, 6.45) is -13.1. The van der Waals surface area contributed by atoms with Crippen LogP contribution in [-0.2, 0) is 7.05 Å². The van der Waals surface area contributed by atoms with Crippen molar-refractivity contribution in [3.8, 4) is 5.69 Å². The summed E-state index contributed by atoms with van der Waals surface area (Å²) in [5.41, 5.74) is -5.18. The van der Waals surface area contributed by atoms with E-state index in [9.17, 15) is 35.9 Å². The third-order valence-electron chi connectivity index (χ3n) is 4.62. The van der Waals surface area contributed by atoms with Crippen LogP contribution in [0.15, 0.2) is 35.1 Å². The molecule has 2 amide bonds. The zero-order chi connectivity index (χ0) is 22.2. The van der Waals surface area contributed by atoms with E-state index in [2.05, 4.69) is 0 Å². The molecule has 0 unspecified atom stereocenters. The van der Waals surface area contributed by atoms with E-state index in [1.165, 1.54) is 18.7 Å². The standard InChI is InChI=1S/C17H18F6N4O2/c1-4-15(16(18,19)20,17(21,22)23)25-14(29)24-12-10(2)26(3)27(13(12)28)11-8-6-5-7-9-11/h5-9H,4H2,1-3H3,(H2,24,25,29). The van der Waals surface area contributed by atoms with Crippen LogP contribution in [0.25, 0.3) is 5.69 Å². The van der Waals surface area contributed by atoms with Gasteiger partial charge < -0.3 is 10.6 Å². The summed E-state index contributed by atoms with van der Waals surface area (Å²) >= 11 is 0. The molecule has 0 aliphatic carbocycles. The molecule has 1 aromatic carbocycles. The number of urea groups is 1. The van der Waals surface area contributed by atoms with Gasteiger partial charge in [0.25, 0.3) is 5.56 Å². The molecular weight excluding hydrogens is 406 g/mol. The lowest BCUT2D eigenvalue weighted by atomic mass is 9.94. The number of hydrogen-bond donors (Lipinski definition) is 2. The van der Waals surface area contributed by atoms with Gasteiger partial charge in [0.15, 0.2) is 0 Å². The number of benzene rings is 1. The number of amides is 2. The number of anilines is 1. The molecular formula is C17H18F6N4O2. The second-order valence-electron chi connectivity index (χ2n) is 6.27. The van der Waals surface area contributed by atoms with Crippen LogP contribution in [-0.4, -0.2) is 33.3 Å². The minimum absolute atomic E-state index is 0.134. The van der Waals surface area contributed by atoms with Crippen molar-refractivity contribution in [1.29, 1.82) is 0 Å². The third kappa shape index (κ3) is 3.83. The van der Waals surface area contributed by atoms with Crippen LogP contribution in [0.4, 0.5) is 36.8 Å². The number of aromatic nitrogens is 2. The van der Waals surface area contributed by atoms with E-state index in [-0.39, 0.29) is 5.69 Å². The first-order valence-corrected chi connectivity index (χ1v) is 8.33. The average molecular weight is 424 g/mol. The predicted molar refractivity (Wildman–Crippen MR) is 93.0 cm³/mol. The SMILES string of the molecule is CCC(NC(=O)Nc1c(C)n(C)n(-c2ccccc2)c1=O)(C(F)(F)F)C(F)(F)F. The van der Waals surface area contributed by atoms with Crippen molar-refractivity contribution in [3.05, 3.63) is 46.4 Å². The normalized spacial score (nSPS) is 12.7. The van der Waals surface area contributed by atoms with Crippen molar-refractivity contribution >= 4 is 11.7 Å². The highest BCUT2D eigenvalue weighted by atomic mass is 19.4. The van der Waals surface area contributed by atoms with E-state index >= 15 is 0 Å². The van der Waals surface area contributed by atoms with Gasteiger partial charge in [0.05, 0.1) is 11.4 Å². The van der Waals surface area contributed by atoms with E-state index in [0.29, 0.717) is 12.6 Å². The molecule has 0 atom stereocenters. The summed E-state index contributed by atoms with van der Waals surface area (Å²) in [7, 11) is 1.45. The van der Waals surface area contributed by atoms with E-state index in [0.717, 1.165) is 10.00 Å². The van der Waals surface area contributed by atoms with Gasteiger partial charge in [0, 0.05) is 7.05 Å². The molecule has 1 aromatic heterocycles. The zero-order valence-corrected chi connectivity index (χ0v) is 15.6. The van der Waals surface area contributed by atoms with Gasteiger partial charge in [-0.2, -0.15) is 26.3 Å². The largest absolute Gasteiger partial charge is 0.420 e. The minimum Gasteiger partial charge on any atom is -0.316 e. The van der Waals surface area contributed by atoms with Gasteiger partial charge in [-0.05, 0) is 25.5 Å². The maximum atomic E-state index is 13.2. The van der Waals surface area contributed by atoms with Crippen molar-refractivity contribution < 1.29 is 31.1 Å². The first-order valence-electron chi connectivity index (χ1n) is 8.33. The molecule has 0 aliphatic heterocycles. The number of halogens is 6. The second kappa shape index (κ2) is 7.48. The summed E-state index contributed by atoms with van der Waals surface area (Å²) in [5, 5.41) is 2.81. The van der Waals surface area contributed by atoms with Gasteiger partial charge in [-0.3, -0.25) is 9.48 Å². The van der Waals surface area contributed by atoms with Crippen molar-refractivity contribution in [1.82, 2.24) is 14.7 Å². The van der Waals surface area contributed by atoms with Crippen LogP contribution in [0.3, 0.4) is 0 Å². The van der Waals surface area contributed by atoms with Gasteiger partial charge in [-0.25, -0.2) is 9.48 Å². The molecule has 0 fully saturated rings. The number of carbonyl (C=O) groups is 1. The molecule has 0 saturated heterocycles. The van der Waals surface area contributed by atoms with Crippen LogP contribution in [0.5, 0.6) is 0 Å². The fourth-order valence-electron chi connectivity index (χ4n) is 2.84. The molecule has 0 aliphatic rings. The lowest BCUT2D eigenvalue weighted by molar-refractivity contribution is -0.304. The Morgan fingerprint density at radius 1 is 1.03 bits per heavy atom. The molecule has 1 heterocycles. The molecule has 6 nitrogen and oxygen atoms in total. The van der Waals surface area contributed by atoms with Crippen molar-refractivity contribution in [2.75, 3.05) is 5.32 Å². The van der Waals surface area contributed by atoms with Crippen molar-refractivity contribution in [3.63, 3.8) is 0 Å². The zero-order valence-electron chi connectivity index (χ0n) is 15.6. The van der Waals surface area contributed by atoms with E-state index in [4.69, 9.17) is 0 Å². The highest BCUT2D eigenvalue weighted by molar-refractivity contribution is 5.90. The number of hydrogen-bond acceptors (Lipinski definition) is 2. The lowest BCUT2D eigenvalue weighted by Crippen LogP contribution is -2.67. The van der Waals surface area contributed by atoms with Crippen LogP contribution < -0.4 is 16.2 Å². The molecule has 160 valence electrons. The first kappa shape index (κ1) is 22.4. The molecule has 0 spiro atoms. The number of alkyl halides is 6. The van der Waals surface area contributed by atoms with Gasteiger partial charge in [0.2, 0.25) is 5.54 Å². The van der Waals surface area contributed by atoms with Crippen molar-refractivity contribution in [2.24, 2.45) is 7.05 Å². The maximum Gasteiger partial charge on any atom is 0.420 e. The van der Waals surface area contributed by atoms with Crippen molar-refractivity contribution in [2.45, 2.75) is 38.2 Å². The van der Waals surface area contributed by atoms with Crippen LogP contribution in [0.1, 0.15) is 19.0 Å². The maximum absolute atomic E-state index is 13.2. The Balaban J connectivity index is 2.43. The highest BCUT2D eigenvalue weighted by Crippen LogP contribution is 2.45. The lowest BCUT2D eigenvalue weighted by Gasteiger charge is -2.36. The molecule has 0 saturated carbocycles. The fourth-order valence-corrected chi connectivity index (χ4v) is 2.84. The average Bonchev–Trinajstić information content (AvgIpc) is 2.81. The molecule has 2 rings (SSSR count). The Morgan fingerprint density at radius 3 is 2.00 bits per heavy atom. The number of carbonyl (C=O) groups excluding carboxylic acids is 1. The smallest absolute Gasteiger partial charge is 0.316 e. The number of rotatable bonds is 4. The Kier molecular flexibility index (Phi) is 5.77. The number of nitrogens with one attached hydrogen (secondary N) is 2. The van der Waals surface area contributed by atoms with E-state index < -0.39 is 41.6 Å². The quantitative estimate of drug-likeness (QED) is 0.732. The molecule has 12 heteroatoms. The first-order chi connectivity index (χ1) is 13.3. The Labute approximate surface area is 161 Å². The predicted octanol–water partition coefficient (Wildman–Crippen LogP) is 3.88. The van der Waals surface area contributed by atoms with E-state index in [1.54, 1.807) is 30.3 Å². The fraction of sp³-hybridized carbons (Fsp3) is 0.412. The second-order valence-corrected chi connectivity index (χ2v) is 6.27. The van der Waals surface area contributed by atoms with Gasteiger partial charge in [-0.1, -0.05) is 25.1 Å². The molecule has 0 bridgehead atoms. The summed E-state index contributed by atoms with van der Waals surface area (Å²) in [6.45, 7) is 2.04. The number of nitrogens with zero attached hydrogens (tertiary/aromatic N) is 2. The summed E-state index contributed by atoms with van der Waals surface area (Å²) in [4.78, 5) is 24.7. The minimum atomic E-state index is -5.80. The monoisotopic (exact) mass is 424 g/mol. The summed E-state index contributed by atoms with van der Waals surface area (Å²) in [6, 6.07) is 6.29. The summed E-state index contributed by atoms with van der Waals surface area (Å²) < 4.78 is 81.5. The molecule has 29 heavy (non-hydrogen) atoms. The molecule has 2 N–H and O–H groups in total. The van der Waals surface area contributed by atoms with Gasteiger partial charge in [-0.15, -0.1) is 0 Å². The summed E-state index contributed by atoms with van der Waals surface area (Å²) in [5.74, 6) is 0. The third-order valence-corrected chi connectivity index (χ3v) is 4.62. The Morgan fingerprint density at radius 2 is 1.55 bits per heavy atom. The van der Waals surface area contributed by atoms with Gasteiger partial charge >= 0.3 is 18.4 Å². The van der Waals surface area contributed by atoms with Crippen LogP contribution in [0, 0.1) is 6.92 Å². The van der Waals surface area contributed by atoms with Gasteiger partial charge in [0.1, 0.15) is 5.69 Å². The Bertz CT molecular complexity index is 930. The number of para-hydroxylation sites is 1. The van der Waals surface area contributed by atoms with Crippen LogP contribution >= 0.6 is 0 Å². The van der Waals surface area contributed by atoms with E-state index in [1.807, 2.05) is 5.32 Å².